The normalized spacial score (nSPS) is 16.4. The second kappa shape index (κ2) is 10.0. The summed E-state index contributed by atoms with van der Waals surface area (Å²) in [6, 6.07) is 11.5. The number of ether oxygens (including phenoxy) is 2. The van der Waals surface area contributed by atoms with Crippen LogP contribution in [-0.2, 0) is 11.3 Å². The van der Waals surface area contributed by atoms with Crippen LogP contribution in [0.1, 0.15) is 29.9 Å². The number of hydrogen-bond acceptors (Lipinski definition) is 7. The van der Waals surface area contributed by atoms with Gasteiger partial charge in [0.1, 0.15) is 0 Å². The summed E-state index contributed by atoms with van der Waals surface area (Å²) in [4.78, 5) is 19.7. The van der Waals surface area contributed by atoms with Crippen molar-refractivity contribution < 1.29 is 18.8 Å². The number of piperidine rings is 1. The maximum atomic E-state index is 12.9. The number of methoxy groups -OCH3 is 2. The van der Waals surface area contributed by atoms with Gasteiger partial charge in [-0.1, -0.05) is 17.3 Å². The first-order valence-electron chi connectivity index (χ1n) is 11.1. The number of aryl methyl sites for hydroxylation is 1. The zero-order valence-electron chi connectivity index (χ0n) is 19.6. The number of nitrogens with one attached hydrogen (secondary N) is 1. The Hall–Kier alpha value is -3.39. The third-order valence-corrected chi connectivity index (χ3v) is 6.21. The molecule has 1 aromatic heterocycles. The summed E-state index contributed by atoms with van der Waals surface area (Å²) in [5, 5.41) is 7.23. The van der Waals surface area contributed by atoms with Gasteiger partial charge in [0.15, 0.2) is 11.5 Å². The Morgan fingerprint density at radius 3 is 2.79 bits per heavy atom. The van der Waals surface area contributed by atoms with Gasteiger partial charge in [0.2, 0.25) is 17.6 Å². The molecule has 3 aromatic rings. The van der Waals surface area contributed by atoms with Crippen LogP contribution < -0.4 is 14.8 Å². The summed E-state index contributed by atoms with van der Waals surface area (Å²) in [7, 11) is 3.19. The van der Waals surface area contributed by atoms with Gasteiger partial charge in [-0.3, -0.25) is 9.69 Å². The molecule has 1 saturated heterocycles. The van der Waals surface area contributed by atoms with Crippen molar-refractivity contribution in [1.82, 2.24) is 15.0 Å². The lowest BCUT2D eigenvalue weighted by Gasteiger charge is -2.31. The number of carbonyl (C=O) groups is 1. The van der Waals surface area contributed by atoms with Crippen molar-refractivity contribution in [1.29, 1.82) is 0 Å². The lowest BCUT2D eigenvalue weighted by molar-refractivity contribution is -0.121. The predicted molar refractivity (Wildman–Crippen MR) is 125 cm³/mol. The average molecular weight is 451 g/mol. The molecule has 1 N–H and O–H groups in total. The number of benzene rings is 2. The summed E-state index contributed by atoms with van der Waals surface area (Å²) >= 11 is 0. The average Bonchev–Trinajstić information content (AvgIpc) is 3.30. The third kappa shape index (κ3) is 5.17. The van der Waals surface area contributed by atoms with Gasteiger partial charge in [0.05, 0.1) is 26.7 Å². The Morgan fingerprint density at radius 1 is 1.18 bits per heavy atom. The van der Waals surface area contributed by atoms with Crippen LogP contribution in [0, 0.1) is 19.8 Å². The van der Waals surface area contributed by atoms with Crippen LogP contribution in [0.4, 0.5) is 5.69 Å². The van der Waals surface area contributed by atoms with Crippen LogP contribution in [-0.4, -0.2) is 48.3 Å². The van der Waals surface area contributed by atoms with Crippen molar-refractivity contribution in [3.05, 3.63) is 53.4 Å². The molecule has 0 unspecified atom stereocenters. The first-order valence-corrected chi connectivity index (χ1v) is 11.1. The Bertz CT molecular complexity index is 1130. The van der Waals surface area contributed by atoms with Crippen molar-refractivity contribution >= 4 is 11.6 Å². The topological polar surface area (TPSA) is 89.7 Å². The number of nitrogens with zero attached hydrogens (tertiary/aromatic N) is 3. The van der Waals surface area contributed by atoms with E-state index in [1.165, 1.54) is 5.56 Å². The quantitative estimate of drug-likeness (QED) is 0.576. The molecule has 8 nitrogen and oxygen atoms in total. The fraction of sp³-hybridized carbons (Fsp3) is 0.400. The van der Waals surface area contributed by atoms with E-state index in [1.807, 2.05) is 50.2 Å². The SMILES string of the molecule is COc1ccc(-c2noc(CN3CCC[C@H](C(=O)Nc4cccc(C)c4C)C3)n2)cc1OC. The summed E-state index contributed by atoms with van der Waals surface area (Å²) in [6.45, 7) is 6.14. The highest BCUT2D eigenvalue weighted by molar-refractivity contribution is 5.93. The second-order valence-electron chi connectivity index (χ2n) is 8.39. The van der Waals surface area contributed by atoms with Crippen LogP contribution in [0.3, 0.4) is 0 Å². The Kier molecular flexibility index (Phi) is 6.93. The Labute approximate surface area is 193 Å². The summed E-state index contributed by atoms with van der Waals surface area (Å²) in [5.41, 5.74) is 3.94. The number of likely N-dealkylation sites (tertiary alicyclic amines) is 1. The highest BCUT2D eigenvalue weighted by Crippen LogP contribution is 2.31. The molecule has 1 fully saturated rings. The highest BCUT2D eigenvalue weighted by atomic mass is 16.5. The monoisotopic (exact) mass is 450 g/mol. The minimum Gasteiger partial charge on any atom is -0.493 e. The predicted octanol–water partition coefficient (Wildman–Crippen LogP) is 4.22. The van der Waals surface area contributed by atoms with Crippen molar-refractivity contribution in [3.8, 4) is 22.9 Å². The van der Waals surface area contributed by atoms with Gasteiger partial charge in [-0.05, 0) is 68.6 Å². The molecular weight excluding hydrogens is 420 g/mol. The van der Waals surface area contributed by atoms with E-state index in [2.05, 4.69) is 20.4 Å². The summed E-state index contributed by atoms with van der Waals surface area (Å²) in [6.07, 6.45) is 1.81. The van der Waals surface area contributed by atoms with E-state index in [1.54, 1.807) is 14.2 Å². The van der Waals surface area contributed by atoms with E-state index in [0.29, 0.717) is 36.3 Å². The minimum absolute atomic E-state index is 0.0601. The lowest BCUT2D eigenvalue weighted by atomic mass is 9.96. The van der Waals surface area contributed by atoms with Gasteiger partial charge in [-0.25, -0.2) is 0 Å². The number of aromatic nitrogens is 2. The van der Waals surface area contributed by atoms with E-state index in [4.69, 9.17) is 14.0 Å². The van der Waals surface area contributed by atoms with Crippen LogP contribution in [0.2, 0.25) is 0 Å². The first-order chi connectivity index (χ1) is 16.0. The number of amides is 1. The van der Waals surface area contributed by atoms with Gasteiger partial charge in [0, 0.05) is 17.8 Å². The first kappa shape index (κ1) is 22.8. The molecule has 0 spiro atoms. The zero-order chi connectivity index (χ0) is 23.4. The molecule has 33 heavy (non-hydrogen) atoms. The van der Waals surface area contributed by atoms with Crippen LogP contribution in [0.5, 0.6) is 11.5 Å². The smallest absolute Gasteiger partial charge is 0.241 e. The van der Waals surface area contributed by atoms with Crippen molar-refractivity contribution in [2.24, 2.45) is 5.92 Å². The lowest BCUT2D eigenvalue weighted by Crippen LogP contribution is -2.40. The molecule has 2 heterocycles. The maximum Gasteiger partial charge on any atom is 0.241 e. The molecule has 1 aliphatic heterocycles. The molecule has 1 aliphatic rings. The van der Waals surface area contributed by atoms with E-state index in [-0.39, 0.29) is 11.8 Å². The van der Waals surface area contributed by atoms with Crippen molar-refractivity contribution in [3.63, 3.8) is 0 Å². The van der Waals surface area contributed by atoms with Gasteiger partial charge in [0.25, 0.3) is 0 Å². The summed E-state index contributed by atoms with van der Waals surface area (Å²) in [5.74, 6) is 2.25. The molecule has 0 aliphatic carbocycles. The van der Waals surface area contributed by atoms with E-state index >= 15 is 0 Å². The molecule has 0 saturated carbocycles. The van der Waals surface area contributed by atoms with Crippen LogP contribution in [0.15, 0.2) is 40.9 Å². The molecule has 1 amide bonds. The number of carbonyl (C=O) groups excluding carboxylic acids is 1. The Morgan fingerprint density at radius 2 is 2.00 bits per heavy atom. The molecule has 2 aromatic carbocycles. The molecule has 0 bridgehead atoms. The van der Waals surface area contributed by atoms with Gasteiger partial charge < -0.3 is 19.3 Å². The van der Waals surface area contributed by atoms with Crippen LogP contribution >= 0.6 is 0 Å². The number of rotatable bonds is 7. The molecule has 4 rings (SSSR count). The number of hydrogen-bond donors (Lipinski definition) is 1. The fourth-order valence-corrected chi connectivity index (χ4v) is 4.14. The number of anilines is 1. The third-order valence-electron chi connectivity index (χ3n) is 6.21. The Balaban J connectivity index is 1.39. The van der Waals surface area contributed by atoms with Crippen molar-refractivity contribution in [2.45, 2.75) is 33.2 Å². The van der Waals surface area contributed by atoms with Gasteiger partial charge >= 0.3 is 0 Å². The molecule has 0 radical (unpaired) electrons. The second-order valence-corrected chi connectivity index (χ2v) is 8.39. The summed E-state index contributed by atoms with van der Waals surface area (Å²) < 4.78 is 16.1. The molecule has 8 heteroatoms. The molecule has 1 atom stereocenters. The van der Waals surface area contributed by atoms with Crippen molar-refractivity contribution in [2.75, 3.05) is 32.6 Å². The fourth-order valence-electron chi connectivity index (χ4n) is 4.14. The largest absolute Gasteiger partial charge is 0.493 e. The van der Waals surface area contributed by atoms with Gasteiger partial charge in [-0.15, -0.1) is 0 Å². The highest BCUT2D eigenvalue weighted by Gasteiger charge is 2.27. The van der Waals surface area contributed by atoms with Gasteiger partial charge in [-0.2, -0.15) is 4.98 Å². The molecule has 174 valence electrons. The van der Waals surface area contributed by atoms with E-state index in [0.717, 1.165) is 36.2 Å². The molecular formula is C25H30N4O4. The standard InChI is InChI=1S/C25H30N4O4/c1-16-7-5-9-20(17(16)2)26-25(30)19-8-6-12-29(14-19)15-23-27-24(28-33-23)18-10-11-21(31-3)22(13-18)32-4/h5,7,9-11,13,19H,6,8,12,14-15H2,1-4H3,(H,26,30)/t19-/m0/s1. The minimum atomic E-state index is -0.0769. The zero-order valence-corrected chi connectivity index (χ0v) is 19.6. The van der Waals surface area contributed by atoms with E-state index in [9.17, 15) is 4.79 Å². The maximum absolute atomic E-state index is 12.9. The van der Waals surface area contributed by atoms with E-state index < -0.39 is 0 Å². The van der Waals surface area contributed by atoms with Crippen LogP contribution in [0.25, 0.3) is 11.4 Å².